The first-order valence-electron chi connectivity index (χ1n) is 6.75. The molecule has 0 amide bonds. The molecule has 2 nitrogen and oxygen atoms in total. The Kier molecular flexibility index (Phi) is 4.68. The molecular weight excluding hydrogens is 400 g/mol. The minimum Gasteiger partial charge on any atom is -0.380 e. The SMILES string of the molecule is Brc1cc(CNc2cccc(N3CCCC3)c2)sc1Br. The maximum atomic E-state index is 3.54. The van der Waals surface area contributed by atoms with Gasteiger partial charge in [0.2, 0.25) is 0 Å². The number of hydrogen-bond donors (Lipinski definition) is 1. The second kappa shape index (κ2) is 6.50. The van der Waals surface area contributed by atoms with Crippen LogP contribution in [0.15, 0.2) is 38.6 Å². The molecule has 0 radical (unpaired) electrons. The van der Waals surface area contributed by atoms with Crippen LogP contribution >= 0.6 is 43.2 Å². The lowest BCUT2D eigenvalue weighted by Gasteiger charge is -2.18. The Morgan fingerprint density at radius 3 is 2.65 bits per heavy atom. The smallest absolute Gasteiger partial charge is 0.0843 e. The van der Waals surface area contributed by atoms with Crippen LogP contribution in [0, 0.1) is 0 Å². The summed E-state index contributed by atoms with van der Waals surface area (Å²) in [5, 5.41) is 3.51. The zero-order valence-electron chi connectivity index (χ0n) is 11.0. The van der Waals surface area contributed by atoms with Crippen molar-refractivity contribution in [3.05, 3.63) is 43.5 Å². The van der Waals surface area contributed by atoms with Crippen molar-refractivity contribution < 1.29 is 0 Å². The molecule has 0 aliphatic carbocycles. The van der Waals surface area contributed by atoms with E-state index in [2.05, 4.69) is 72.4 Å². The van der Waals surface area contributed by atoms with E-state index in [0.717, 1.165) is 14.8 Å². The summed E-state index contributed by atoms with van der Waals surface area (Å²) in [6, 6.07) is 10.9. The third kappa shape index (κ3) is 3.38. The number of anilines is 2. The van der Waals surface area contributed by atoms with Crippen LogP contribution in [0.25, 0.3) is 0 Å². The molecule has 106 valence electrons. The third-order valence-corrected chi connectivity index (χ3v) is 6.74. The van der Waals surface area contributed by atoms with Crippen molar-refractivity contribution in [3.63, 3.8) is 0 Å². The molecule has 0 bridgehead atoms. The Bertz CT molecular complexity index is 572. The molecule has 20 heavy (non-hydrogen) atoms. The Morgan fingerprint density at radius 2 is 1.95 bits per heavy atom. The summed E-state index contributed by atoms with van der Waals surface area (Å²) in [6.07, 6.45) is 2.63. The molecule has 1 aromatic carbocycles. The third-order valence-electron chi connectivity index (χ3n) is 3.48. The molecule has 1 saturated heterocycles. The summed E-state index contributed by atoms with van der Waals surface area (Å²) >= 11 is 8.82. The number of rotatable bonds is 4. The maximum absolute atomic E-state index is 3.54. The summed E-state index contributed by atoms with van der Waals surface area (Å²) in [6.45, 7) is 3.24. The fourth-order valence-electron chi connectivity index (χ4n) is 2.46. The molecule has 2 heterocycles. The second-order valence-electron chi connectivity index (χ2n) is 4.93. The molecule has 1 aliphatic rings. The van der Waals surface area contributed by atoms with Gasteiger partial charge in [-0.3, -0.25) is 0 Å². The van der Waals surface area contributed by atoms with E-state index in [1.165, 1.54) is 42.2 Å². The van der Waals surface area contributed by atoms with Gasteiger partial charge in [-0.1, -0.05) is 6.07 Å². The van der Waals surface area contributed by atoms with E-state index >= 15 is 0 Å². The fourth-order valence-corrected chi connectivity index (χ4v) is 4.57. The van der Waals surface area contributed by atoms with Gasteiger partial charge < -0.3 is 10.2 Å². The molecule has 1 fully saturated rings. The quantitative estimate of drug-likeness (QED) is 0.710. The Hall–Kier alpha value is -0.520. The van der Waals surface area contributed by atoms with Gasteiger partial charge in [-0.05, 0) is 69.0 Å². The highest BCUT2D eigenvalue weighted by Crippen LogP contribution is 2.33. The predicted octanol–water partition coefficient (Wildman–Crippen LogP) is 5.49. The minimum atomic E-state index is 0.859. The van der Waals surface area contributed by atoms with Gasteiger partial charge >= 0.3 is 0 Å². The average Bonchev–Trinajstić information content (AvgIpc) is 3.08. The van der Waals surface area contributed by atoms with E-state index in [1.807, 2.05) is 0 Å². The van der Waals surface area contributed by atoms with Crippen molar-refractivity contribution in [2.45, 2.75) is 19.4 Å². The van der Waals surface area contributed by atoms with Crippen molar-refractivity contribution in [2.75, 3.05) is 23.3 Å². The van der Waals surface area contributed by atoms with Crippen LogP contribution in [0.5, 0.6) is 0 Å². The summed E-state index contributed by atoms with van der Waals surface area (Å²) < 4.78 is 2.28. The normalized spacial score (nSPS) is 14.8. The number of thiophene rings is 1. The molecular formula is C15H16Br2N2S. The lowest BCUT2D eigenvalue weighted by atomic mass is 10.2. The second-order valence-corrected chi connectivity index (χ2v) is 8.24. The number of benzene rings is 1. The Balaban J connectivity index is 1.66. The first kappa shape index (κ1) is 14.4. The summed E-state index contributed by atoms with van der Waals surface area (Å²) in [5.74, 6) is 0. The van der Waals surface area contributed by atoms with Crippen molar-refractivity contribution in [2.24, 2.45) is 0 Å². The topological polar surface area (TPSA) is 15.3 Å². The molecule has 3 rings (SSSR count). The first-order chi connectivity index (χ1) is 9.72. The molecule has 1 aliphatic heterocycles. The van der Waals surface area contributed by atoms with Gasteiger partial charge in [0.1, 0.15) is 0 Å². The zero-order valence-corrected chi connectivity index (χ0v) is 15.0. The van der Waals surface area contributed by atoms with Gasteiger partial charge in [0.15, 0.2) is 0 Å². The van der Waals surface area contributed by atoms with E-state index in [4.69, 9.17) is 0 Å². The van der Waals surface area contributed by atoms with Gasteiger partial charge in [0.25, 0.3) is 0 Å². The van der Waals surface area contributed by atoms with Gasteiger partial charge in [0.05, 0.1) is 3.79 Å². The predicted molar refractivity (Wildman–Crippen MR) is 94.9 cm³/mol. The largest absolute Gasteiger partial charge is 0.380 e. The average molecular weight is 416 g/mol. The number of hydrogen-bond acceptors (Lipinski definition) is 3. The molecule has 2 aromatic rings. The molecule has 1 aromatic heterocycles. The fraction of sp³-hybridized carbons (Fsp3) is 0.333. The van der Waals surface area contributed by atoms with E-state index in [9.17, 15) is 0 Å². The number of nitrogens with one attached hydrogen (secondary N) is 1. The van der Waals surface area contributed by atoms with Crippen molar-refractivity contribution in [1.82, 2.24) is 0 Å². The van der Waals surface area contributed by atoms with Crippen LogP contribution in [0.1, 0.15) is 17.7 Å². The van der Waals surface area contributed by atoms with Gasteiger partial charge in [-0.25, -0.2) is 0 Å². The monoisotopic (exact) mass is 414 g/mol. The molecule has 0 unspecified atom stereocenters. The van der Waals surface area contributed by atoms with E-state index in [0.29, 0.717) is 0 Å². The molecule has 5 heteroatoms. The summed E-state index contributed by atoms with van der Waals surface area (Å²) in [4.78, 5) is 3.78. The highest BCUT2D eigenvalue weighted by Gasteiger charge is 2.12. The first-order valence-corrected chi connectivity index (χ1v) is 9.15. The maximum Gasteiger partial charge on any atom is 0.0843 e. The number of nitrogens with zero attached hydrogens (tertiary/aromatic N) is 1. The zero-order chi connectivity index (χ0) is 13.9. The lowest BCUT2D eigenvalue weighted by Crippen LogP contribution is -2.17. The van der Waals surface area contributed by atoms with Gasteiger partial charge in [-0.2, -0.15) is 0 Å². The molecule has 0 saturated carbocycles. The van der Waals surface area contributed by atoms with Crippen LogP contribution < -0.4 is 10.2 Å². The van der Waals surface area contributed by atoms with Crippen molar-refractivity contribution >= 4 is 54.6 Å². The van der Waals surface area contributed by atoms with E-state index in [1.54, 1.807) is 11.3 Å². The Labute approximate surface area is 140 Å². The van der Waals surface area contributed by atoms with Crippen LogP contribution in [0.2, 0.25) is 0 Å². The van der Waals surface area contributed by atoms with E-state index in [-0.39, 0.29) is 0 Å². The van der Waals surface area contributed by atoms with Crippen molar-refractivity contribution in [3.8, 4) is 0 Å². The standard InChI is InChI=1S/C15H16Br2N2S/c16-14-9-13(20-15(14)17)10-18-11-4-3-5-12(8-11)19-6-1-2-7-19/h3-5,8-9,18H,1-2,6-7,10H2. The summed E-state index contributed by atoms with van der Waals surface area (Å²) in [5.41, 5.74) is 2.52. The van der Waals surface area contributed by atoms with Crippen LogP contribution in [0.4, 0.5) is 11.4 Å². The summed E-state index contributed by atoms with van der Waals surface area (Å²) in [7, 11) is 0. The highest BCUT2D eigenvalue weighted by atomic mass is 79.9. The molecule has 0 spiro atoms. The van der Waals surface area contributed by atoms with Crippen LogP contribution in [0.3, 0.4) is 0 Å². The Morgan fingerprint density at radius 1 is 1.15 bits per heavy atom. The number of halogens is 2. The van der Waals surface area contributed by atoms with E-state index < -0.39 is 0 Å². The minimum absolute atomic E-state index is 0.859. The lowest BCUT2D eigenvalue weighted by molar-refractivity contribution is 0.949. The van der Waals surface area contributed by atoms with Crippen LogP contribution in [-0.4, -0.2) is 13.1 Å². The van der Waals surface area contributed by atoms with Crippen molar-refractivity contribution in [1.29, 1.82) is 0 Å². The van der Waals surface area contributed by atoms with Gasteiger partial charge in [-0.15, -0.1) is 11.3 Å². The molecule has 0 atom stereocenters. The highest BCUT2D eigenvalue weighted by molar-refractivity contribution is 9.13. The van der Waals surface area contributed by atoms with Crippen LogP contribution in [-0.2, 0) is 6.54 Å². The van der Waals surface area contributed by atoms with Gasteiger partial charge in [0, 0.05) is 40.4 Å². The molecule has 1 N–H and O–H groups in total.